The summed E-state index contributed by atoms with van der Waals surface area (Å²) in [5.41, 5.74) is 1.48. The molecule has 0 saturated heterocycles. The van der Waals surface area contributed by atoms with Gasteiger partial charge in [0.1, 0.15) is 5.75 Å². The van der Waals surface area contributed by atoms with Crippen LogP contribution in [0.3, 0.4) is 0 Å². The van der Waals surface area contributed by atoms with Gasteiger partial charge in [0.05, 0.1) is 13.0 Å². The fourth-order valence-electron chi connectivity index (χ4n) is 2.31. The van der Waals surface area contributed by atoms with Gasteiger partial charge in [0.25, 0.3) is 0 Å². The van der Waals surface area contributed by atoms with Gasteiger partial charge in [-0.1, -0.05) is 42.5 Å². The fourth-order valence-corrected chi connectivity index (χ4v) is 2.31. The van der Waals surface area contributed by atoms with Gasteiger partial charge < -0.3 is 15.0 Å². The summed E-state index contributed by atoms with van der Waals surface area (Å²) in [5, 5.41) is 2.56. The normalized spacial score (nSPS) is 11.0. The number of rotatable bonds is 7. The van der Waals surface area contributed by atoms with Gasteiger partial charge in [0, 0.05) is 13.6 Å². The van der Waals surface area contributed by atoms with Crippen molar-refractivity contribution in [3.8, 4) is 5.75 Å². The van der Waals surface area contributed by atoms with Crippen molar-refractivity contribution < 1.29 is 27.5 Å². The second kappa shape index (κ2) is 9.07. The van der Waals surface area contributed by atoms with E-state index in [-0.39, 0.29) is 37.1 Å². The van der Waals surface area contributed by atoms with Crippen LogP contribution in [-0.2, 0) is 22.6 Å². The Morgan fingerprint density at radius 2 is 1.63 bits per heavy atom. The quantitative estimate of drug-likeness (QED) is 0.804. The Bertz CT molecular complexity index is 762. The number of halogens is 3. The smallest absolute Gasteiger partial charge is 0.406 e. The molecule has 0 atom stereocenters. The third kappa shape index (κ3) is 7.39. The molecule has 2 amide bonds. The highest BCUT2D eigenvalue weighted by Crippen LogP contribution is 2.22. The molecule has 0 aromatic heterocycles. The number of ether oxygens (including phenoxy) is 1. The highest BCUT2D eigenvalue weighted by atomic mass is 19.4. The Hall–Kier alpha value is -3.03. The minimum absolute atomic E-state index is 0.155. The van der Waals surface area contributed by atoms with Crippen molar-refractivity contribution in [2.75, 3.05) is 13.6 Å². The number of likely N-dealkylation sites (N-methyl/N-ethyl adjacent to an activating group) is 1. The lowest BCUT2D eigenvalue weighted by molar-refractivity contribution is -0.274. The van der Waals surface area contributed by atoms with E-state index in [0.717, 1.165) is 5.56 Å². The van der Waals surface area contributed by atoms with E-state index < -0.39 is 6.36 Å². The zero-order chi connectivity index (χ0) is 19.9. The lowest BCUT2D eigenvalue weighted by atomic mass is 10.1. The molecule has 0 heterocycles. The first-order chi connectivity index (χ1) is 12.7. The molecular formula is C19H19F3N2O3. The third-order valence-corrected chi connectivity index (χ3v) is 3.65. The number of amides is 2. The molecule has 8 heteroatoms. The maximum absolute atomic E-state index is 12.1. The van der Waals surface area contributed by atoms with Crippen LogP contribution in [0.5, 0.6) is 5.75 Å². The number of nitrogens with zero attached hydrogens (tertiary/aromatic N) is 1. The first-order valence-electron chi connectivity index (χ1n) is 8.12. The molecule has 27 heavy (non-hydrogen) atoms. The summed E-state index contributed by atoms with van der Waals surface area (Å²) in [4.78, 5) is 25.3. The van der Waals surface area contributed by atoms with Gasteiger partial charge >= 0.3 is 6.36 Å². The minimum Gasteiger partial charge on any atom is -0.406 e. The zero-order valence-corrected chi connectivity index (χ0v) is 14.6. The third-order valence-electron chi connectivity index (χ3n) is 3.65. The van der Waals surface area contributed by atoms with Gasteiger partial charge in [0.15, 0.2) is 0 Å². The van der Waals surface area contributed by atoms with Crippen LogP contribution in [0.4, 0.5) is 13.2 Å². The highest BCUT2D eigenvalue weighted by Gasteiger charge is 2.30. The van der Waals surface area contributed by atoms with E-state index in [1.165, 1.54) is 29.2 Å². The second-order valence-electron chi connectivity index (χ2n) is 5.88. The zero-order valence-electron chi connectivity index (χ0n) is 14.6. The van der Waals surface area contributed by atoms with Crippen LogP contribution in [0.2, 0.25) is 0 Å². The van der Waals surface area contributed by atoms with E-state index in [1.54, 1.807) is 7.05 Å². The number of carbonyl (C=O) groups excluding carboxylic acids is 2. The molecule has 0 aliphatic carbocycles. The topological polar surface area (TPSA) is 58.6 Å². The van der Waals surface area contributed by atoms with Crippen molar-refractivity contribution in [2.24, 2.45) is 0 Å². The summed E-state index contributed by atoms with van der Waals surface area (Å²) in [6.07, 6.45) is -4.56. The van der Waals surface area contributed by atoms with Crippen LogP contribution < -0.4 is 10.1 Å². The molecule has 0 aliphatic heterocycles. The van der Waals surface area contributed by atoms with Crippen LogP contribution in [0.15, 0.2) is 54.6 Å². The van der Waals surface area contributed by atoms with Gasteiger partial charge in [-0.3, -0.25) is 9.59 Å². The molecule has 144 valence electrons. The lowest BCUT2D eigenvalue weighted by Crippen LogP contribution is -2.38. The van der Waals surface area contributed by atoms with Crippen LogP contribution in [0.1, 0.15) is 11.1 Å². The Balaban J connectivity index is 1.78. The minimum atomic E-state index is -4.74. The number of alkyl halides is 3. The predicted octanol–water partition coefficient (Wildman–Crippen LogP) is 2.90. The molecule has 2 aromatic carbocycles. The van der Waals surface area contributed by atoms with Crippen molar-refractivity contribution in [3.05, 3.63) is 65.7 Å². The van der Waals surface area contributed by atoms with E-state index in [2.05, 4.69) is 10.1 Å². The average Bonchev–Trinajstić information content (AvgIpc) is 2.61. The molecule has 0 aliphatic rings. The number of nitrogens with one attached hydrogen (secondary N) is 1. The number of hydrogen-bond donors (Lipinski definition) is 1. The molecular weight excluding hydrogens is 361 g/mol. The van der Waals surface area contributed by atoms with Gasteiger partial charge in [-0.05, 0) is 23.3 Å². The van der Waals surface area contributed by atoms with E-state index in [1.807, 2.05) is 30.3 Å². The van der Waals surface area contributed by atoms with Crippen molar-refractivity contribution in [2.45, 2.75) is 19.3 Å². The molecule has 0 radical (unpaired) electrons. The lowest BCUT2D eigenvalue weighted by Gasteiger charge is -2.18. The summed E-state index contributed by atoms with van der Waals surface area (Å²) < 4.78 is 40.2. The first kappa shape index (κ1) is 20.3. The largest absolute Gasteiger partial charge is 0.573 e. The number of hydrogen-bond acceptors (Lipinski definition) is 3. The van der Waals surface area contributed by atoms with Crippen LogP contribution in [0.25, 0.3) is 0 Å². The summed E-state index contributed by atoms with van der Waals surface area (Å²) in [5.74, 6) is -0.906. The Kier molecular flexibility index (Phi) is 6.81. The van der Waals surface area contributed by atoms with Crippen molar-refractivity contribution in [1.82, 2.24) is 10.2 Å². The van der Waals surface area contributed by atoms with Crippen LogP contribution in [0, 0.1) is 0 Å². The van der Waals surface area contributed by atoms with Gasteiger partial charge in [0.2, 0.25) is 11.8 Å². The van der Waals surface area contributed by atoms with Crippen LogP contribution in [-0.4, -0.2) is 36.7 Å². The van der Waals surface area contributed by atoms with Crippen LogP contribution >= 0.6 is 0 Å². The SMILES string of the molecule is CN(Cc1ccc(OC(F)(F)F)cc1)C(=O)CNC(=O)Cc1ccccc1. The van der Waals surface area contributed by atoms with Crippen molar-refractivity contribution in [3.63, 3.8) is 0 Å². The standard InChI is InChI=1S/C19H19F3N2O3/c1-24(13-15-7-9-16(10-8-15)27-19(20,21)22)18(26)12-23-17(25)11-14-5-3-2-4-6-14/h2-10H,11-13H2,1H3,(H,23,25). The first-order valence-corrected chi connectivity index (χ1v) is 8.12. The highest BCUT2D eigenvalue weighted by molar-refractivity contribution is 5.85. The van der Waals surface area contributed by atoms with E-state index in [0.29, 0.717) is 5.56 Å². The number of carbonyl (C=O) groups is 2. The predicted molar refractivity (Wildman–Crippen MR) is 92.8 cm³/mol. The van der Waals surface area contributed by atoms with Gasteiger partial charge in [-0.15, -0.1) is 13.2 Å². The van der Waals surface area contributed by atoms with E-state index >= 15 is 0 Å². The van der Waals surface area contributed by atoms with Gasteiger partial charge in [-0.2, -0.15) is 0 Å². The van der Waals surface area contributed by atoms with E-state index in [9.17, 15) is 22.8 Å². The fraction of sp³-hybridized carbons (Fsp3) is 0.263. The molecule has 0 unspecified atom stereocenters. The van der Waals surface area contributed by atoms with Gasteiger partial charge in [-0.25, -0.2) is 0 Å². The molecule has 0 spiro atoms. The summed E-state index contributed by atoms with van der Waals surface area (Å²) in [6, 6.07) is 14.4. The molecule has 2 aromatic rings. The van der Waals surface area contributed by atoms with E-state index in [4.69, 9.17) is 0 Å². The van der Waals surface area contributed by atoms with Crippen molar-refractivity contribution >= 4 is 11.8 Å². The molecule has 0 fully saturated rings. The second-order valence-corrected chi connectivity index (χ2v) is 5.88. The Labute approximate surface area is 154 Å². The Morgan fingerprint density at radius 3 is 2.22 bits per heavy atom. The summed E-state index contributed by atoms with van der Waals surface area (Å²) in [7, 11) is 1.55. The summed E-state index contributed by atoms with van der Waals surface area (Å²) >= 11 is 0. The Morgan fingerprint density at radius 1 is 1.00 bits per heavy atom. The maximum atomic E-state index is 12.1. The molecule has 2 rings (SSSR count). The average molecular weight is 380 g/mol. The van der Waals surface area contributed by atoms with Crippen molar-refractivity contribution in [1.29, 1.82) is 0 Å². The summed E-state index contributed by atoms with van der Waals surface area (Å²) in [6.45, 7) is 0.0388. The molecule has 0 bridgehead atoms. The maximum Gasteiger partial charge on any atom is 0.573 e. The number of benzene rings is 2. The molecule has 1 N–H and O–H groups in total. The molecule has 0 saturated carbocycles. The monoisotopic (exact) mass is 380 g/mol. The molecule has 5 nitrogen and oxygen atoms in total.